The van der Waals surface area contributed by atoms with Gasteiger partial charge in [-0.15, -0.1) is 0 Å². The van der Waals surface area contributed by atoms with Gasteiger partial charge in [-0.1, -0.05) is 12.0 Å². The zero-order chi connectivity index (χ0) is 16.1. The van der Waals surface area contributed by atoms with Gasteiger partial charge in [-0.3, -0.25) is 14.3 Å². The molecule has 1 aliphatic heterocycles. The minimum atomic E-state index is -0.694. The van der Waals surface area contributed by atoms with Crippen molar-refractivity contribution in [2.45, 2.75) is 51.0 Å². The van der Waals surface area contributed by atoms with Crippen LogP contribution in [0.25, 0.3) is 10.4 Å². The summed E-state index contributed by atoms with van der Waals surface area (Å²) in [6.45, 7) is 2.16. The van der Waals surface area contributed by atoms with Gasteiger partial charge in [-0.05, 0) is 24.8 Å². The van der Waals surface area contributed by atoms with Crippen LogP contribution < -0.4 is 11.2 Å². The second-order valence-corrected chi connectivity index (χ2v) is 5.20. The number of ether oxygens (including phenoxy) is 1. The third-order valence-corrected chi connectivity index (χ3v) is 3.75. The number of aryl methyl sites for hydroxylation is 1. The number of aliphatic hydroxyl groups is 1. The lowest BCUT2D eigenvalue weighted by Crippen LogP contribution is -2.34. The van der Waals surface area contributed by atoms with Crippen LogP contribution in [0.3, 0.4) is 0 Å². The summed E-state index contributed by atoms with van der Waals surface area (Å²) in [6.07, 6.45) is 1.69. The molecule has 22 heavy (non-hydrogen) atoms. The number of aromatic amines is 1. The monoisotopic (exact) mass is 309 g/mol. The fourth-order valence-corrected chi connectivity index (χ4v) is 2.55. The van der Waals surface area contributed by atoms with E-state index in [2.05, 4.69) is 15.0 Å². The van der Waals surface area contributed by atoms with Crippen molar-refractivity contribution >= 4 is 0 Å². The van der Waals surface area contributed by atoms with Crippen molar-refractivity contribution in [3.8, 4) is 0 Å². The van der Waals surface area contributed by atoms with Crippen LogP contribution in [-0.2, 0) is 11.2 Å². The molecule has 2 heterocycles. The van der Waals surface area contributed by atoms with E-state index in [4.69, 9.17) is 10.3 Å². The molecule has 1 saturated heterocycles. The molecule has 9 heteroatoms. The van der Waals surface area contributed by atoms with Crippen LogP contribution in [0.15, 0.2) is 20.9 Å². The number of hydrogen-bond acceptors (Lipinski definition) is 5. The Morgan fingerprint density at radius 3 is 3.05 bits per heavy atom. The maximum atomic E-state index is 11.9. The van der Waals surface area contributed by atoms with Gasteiger partial charge >= 0.3 is 5.69 Å². The average Bonchev–Trinajstić information content (AvgIpc) is 2.85. The molecule has 1 aliphatic rings. The van der Waals surface area contributed by atoms with Crippen molar-refractivity contribution in [2.24, 2.45) is 5.11 Å². The van der Waals surface area contributed by atoms with Crippen LogP contribution in [-0.4, -0.2) is 33.4 Å². The van der Waals surface area contributed by atoms with E-state index < -0.39 is 29.7 Å². The van der Waals surface area contributed by atoms with Crippen molar-refractivity contribution in [1.82, 2.24) is 9.55 Å². The van der Waals surface area contributed by atoms with Crippen molar-refractivity contribution in [2.75, 3.05) is 6.54 Å². The Bertz CT molecular complexity index is 676. The third kappa shape index (κ3) is 3.56. The van der Waals surface area contributed by atoms with Gasteiger partial charge in [0.25, 0.3) is 5.56 Å². The highest BCUT2D eigenvalue weighted by molar-refractivity contribution is 5.04. The highest BCUT2D eigenvalue weighted by Crippen LogP contribution is 2.30. The van der Waals surface area contributed by atoms with E-state index in [-0.39, 0.29) is 6.42 Å². The van der Waals surface area contributed by atoms with Crippen LogP contribution in [0, 0.1) is 0 Å². The van der Waals surface area contributed by atoms with Gasteiger partial charge in [0.15, 0.2) is 0 Å². The lowest BCUT2D eigenvalue weighted by molar-refractivity contribution is -0.0248. The first-order valence-corrected chi connectivity index (χ1v) is 7.25. The zero-order valence-corrected chi connectivity index (χ0v) is 12.3. The van der Waals surface area contributed by atoms with Gasteiger partial charge in [0.05, 0.1) is 12.2 Å². The fourth-order valence-electron chi connectivity index (χ4n) is 2.55. The average molecular weight is 309 g/mol. The van der Waals surface area contributed by atoms with Crippen LogP contribution in [0.4, 0.5) is 0 Å². The first-order valence-electron chi connectivity index (χ1n) is 7.25. The molecule has 1 unspecified atom stereocenters. The van der Waals surface area contributed by atoms with Crippen LogP contribution in [0.1, 0.15) is 38.0 Å². The van der Waals surface area contributed by atoms with E-state index in [9.17, 15) is 14.7 Å². The molecular weight excluding hydrogens is 290 g/mol. The van der Waals surface area contributed by atoms with E-state index in [1.54, 1.807) is 0 Å². The number of rotatable bonds is 6. The van der Waals surface area contributed by atoms with Gasteiger partial charge in [0.1, 0.15) is 6.23 Å². The molecule has 0 radical (unpaired) electrons. The minimum absolute atomic E-state index is 0.279. The maximum absolute atomic E-state index is 11.9. The molecule has 0 bridgehead atoms. The largest absolute Gasteiger partial charge is 0.390 e. The quantitative estimate of drug-likeness (QED) is 0.348. The molecule has 0 saturated carbocycles. The molecule has 120 valence electrons. The topological polar surface area (TPSA) is 133 Å². The predicted octanol–water partition coefficient (Wildman–Crippen LogP) is 0.838. The van der Waals surface area contributed by atoms with E-state index in [0.717, 1.165) is 0 Å². The van der Waals surface area contributed by atoms with Crippen molar-refractivity contribution in [3.63, 3.8) is 0 Å². The second-order valence-electron chi connectivity index (χ2n) is 5.20. The summed E-state index contributed by atoms with van der Waals surface area (Å²) in [5.41, 5.74) is 7.76. The van der Waals surface area contributed by atoms with Crippen LogP contribution >= 0.6 is 0 Å². The van der Waals surface area contributed by atoms with Crippen LogP contribution in [0.2, 0.25) is 0 Å². The highest BCUT2D eigenvalue weighted by atomic mass is 16.5. The van der Waals surface area contributed by atoms with Gasteiger partial charge in [0.2, 0.25) is 0 Å². The lowest BCUT2D eigenvalue weighted by Gasteiger charge is -2.16. The molecule has 3 atom stereocenters. The SMILES string of the molecule is CCc1cn([C@@H]2CC(O)[C@H](CCCN=[N+]=[N-])O2)c(=O)[nH]c1=O. The van der Waals surface area contributed by atoms with E-state index in [1.165, 1.54) is 10.8 Å². The third-order valence-electron chi connectivity index (χ3n) is 3.75. The van der Waals surface area contributed by atoms with Gasteiger partial charge < -0.3 is 9.84 Å². The number of azide groups is 1. The molecule has 1 fully saturated rings. The number of aromatic nitrogens is 2. The van der Waals surface area contributed by atoms with E-state index in [0.29, 0.717) is 31.4 Å². The summed E-state index contributed by atoms with van der Waals surface area (Å²) < 4.78 is 7.03. The fraction of sp³-hybridized carbons (Fsp3) is 0.692. The maximum Gasteiger partial charge on any atom is 0.330 e. The Morgan fingerprint density at radius 2 is 2.36 bits per heavy atom. The molecule has 1 aromatic rings. The predicted molar refractivity (Wildman–Crippen MR) is 78.5 cm³/mol. The molecule has 0 aliphatic carbocycles. The lowest BCUT2D eigenvalue weighted by atomic mass is 10.1. The molecule has 1 aromatic heterocycles. The molecule has 2 rings (SSSR count). The number of hydrogen-bond donors (Lipinski definition) is 2. The molecular formula is C13H19N5O4. The number of aliphatic hydroxyl groups excluding tert-OH is 1. The van der Waals surface area contributed by atoms with Crippen molar-refractivity contribution < 1.29 is 9.84 Å². The standard InChI is InChI=1S/C13H19N5O4/c1-2-8-7-18(13(21)16-12(8)20)11-6-9(19)10(22-11)4-3-5-15-17-14/h7,9-11,19H,2-6H2,1H3,(H,16,20,21)/t9?,10-,11-/m0/s1. The summed E-state index contributed by atoms with van der Waals surface area (Å²) in [7, 11) is 0. The number of nitrogens with one attached hydrogen (secondary N) is 1. The molecule has 0 amide bonds. The summed E-state index contributed by atoms with van der Waals surface area (Å²) in [5.74, 6) is 0. The summed E-state index contributed by atoms with van der Waals surface area (Å²) in [6, 6.07) is 0. The molecule has 0 spiro atoms. The first kappa shape index (κ1) is 16.3. The Morgan fingerprint density at radius 1 is 1.59 bits per heavy atom. The van der Waals surface area contributed by atoms with Crippen molar-refractivity contribution in [1.29, 1.82) is 0 Å². The number of nitrogens with zero attached hydrogens (tertiary/aromatic N) is 4. The number of H-pyrrole nitrogens is 1. The molecule has 2 N–H and O–H groups in total. The van der Waals surface area contributed by atoms with Gasteiger partial charge in [0, 0.05) is 29.6 Å². The smallest absolute Gasteiger partial charge is 0.330 e. The van der Waals surface area contributed by atoms with E-state index >= 15 is 0 Å². The van der Waals surface area contributed by atoms with Crippen molar-refractivity contribution in [3.05, 3.63) is 43.0 Å². The van der Waals surface area contributed by atoms with Gasteiger partial charge in [-0.2, -0.15) is 0 Å². The summed E-state index contributed by atoms with van der Waals surface area (Å²) in [4.78, 5) is 28.4. The Kier molecular flexibility index (Phi) is 5.37. The summed E-state index contributed by atoms with van der Waals surface area (Å²) >= 11 is 0. The van der Waals surface area contributed by atoms with E-state index in [1.807, 2.05) is 6.92 Å². The molecule has 9 nitrogen and oxygen atoms in total. The second kappa shape index (κ2) is 7.26. The normalized spacial score (nSPS) is 24.2. The molecule has 0 aromatic carbocycles. The Balaban J connectivity index is 2.10. The Labute approximate surface area is 126 Å². The first-order chi connectivity index (χ1) is 10.6. The Hall–Kier alpha value is -2.09. The highest BCUT2D eigenvalue weighted by Gasteiger charge is 2.35. The summed E-state index contributed by atoms with van der Waals surface area (Å²) in [5, 5.41) is 13.5. The van der Waals surface area contributed by atoms with Gasteiger partial charge in [-0.25, -0.2) is 4.79 Å². The zero-order valence-electron chi connectivity index (χ0n) is 12.3. The minimum Gasteiger partial charge on any atom is -0.390 e. The van der Waals surface area contributed by atoms with Crippen LogP contribution in [0.5, 0.6) is 0 Å².